The van der Waals surface area contributed by atoms with Crippen LogP contribution in [0.4, 0.5) is 5.69 Å². The molecule has 0 radical (unpaired) electrons. The minimum atomic E-state index is -0.0315. The first kappa shape index (κ1) is 13.8. The van der Waals surface area contributed by atoms with E-state index in [0.29, 0.717) is 11.6 Å². The Morgan fingerprint density at radius 1 is 1.37 bits per heavy atom. The number of carbonyl (C=O) groups is 1. The second kappa shape index (κ2) is 7.12. The lowest BCUT2D eigenvalue weighted by Crippen LogP contribution is -2.24. The molecule has 0 atom stereocenters. The molecular weight excluding hydrogens is 238 g/mol. The third kappa shape index (κ3) is 4.23. The fourth-order valence-electron chi connectivity index (χ4n) is 2.43. The molecule has 0 aliphatic heterocycles. The van der Waals surface area contributed by atoms with E-state index in [2.05, 4.69) is 22.5 Å². The smallest absolute Gasteiger partial charge is 0.252 e. The van der Waals surface area contributed by atoms with Gasteiger partial charge in [0.15, 0.2) is 0 Å². The predicted octanol–water partition coefficient (Wildman–Crippen LogP) is 2.97. The summed E-state index contributed by atoms with van der Waals surface area (Å²) in [6.07, 6.45) is 10.5. The van der Waals surface area contributed by atoms with Crippen LogP contribution in [0.3, 0.4) is 0 Å². The van der Waals surface area contributed by atoms with Gasteiger partial charge in [0, 0.05) is 25.0 Å². The maximum atomic E-state index is 11.9. The highest BCUT2D eigenvalue weighted by atomic mass is 16.1. The van der Waals surface area contributed by atoms with Crippen molar-refractivity contribution in [3.63, 3.8) is 0 Å². The van der Waals surface area contributed by atoms with Crippen LogP contribution in [0.2, 0.25) is 0 Å². The Balaban J connectivity index is 1.91. The topological polar surface area (TPSA) is 54.0 Å². The van der Waals surface area contributed by atoms with Crippen LogP contribution >= 0.6 is 0 Å². The van der Waals surface area contributed by atoms with E-state index < -0.39 is 0 Å². The lowest BCUT2D eigenvalue weighted by Gasteiger charge is -2.13. The molecule has 1 heterocycles. The maximum absolute atomic E-state index is 11.9. The zero-order valence-corrected chi connectivity index (χ0v) is 11.6. The number of amides is 1. The zero-order chi connectivity index (χ0) is 13.5. The van der Waals surface area contributed by atoms with Crippen LogP contribution in [0.25, 0.3) is 0 Å². The van der Waals surface area contributed by atoms with Crippen molar-refractivity contribution in [2.24, 2.45) is 0 Å². The number of anilines is 1. The number of carbonyl (C=O) groups excluding carboxylic acids is 1. The van der Waals surface area contributed by atoms with Crippen molar-refractivity contribution in [3.8, 4) is 0 Å². The summed E-state index contributed by atoms with van der Waals surface area (Å²) >= 11 is 0. The van der Waals surface area contributed by atoms with Gasteiger partial charge < -0.3 is 10.6 Å². The molecule has 19 heavy (non-hydrogen) atoms. The Morgan fingerprint density at radius 3 is 2.89 bits per heavy atom. The van der Waals surface area contributed by atoms with Gasteiger partial charge in [-0.25, -0.2) is 0 Å². The third-order valence-corrected chi connectivity index (χ3v) is 3.54. The standard InChI is InChI=1S/C15H23N3O/c1-2-3-8-17-15(19)12-9-14(11-16-10-12)18-13-6-4-5-7-13/h9-11,13,18H,2-8H2,1H3,(H,17,19). The normalized spacial score (nSPS) is 15.4. The molecule has 4 heteroatoms. The van der Waals surface area contributed by atoms with Gasteiger partial charge in [0.05, 0.1) is 11.3 Å². The Labute approximate surface area is 115 Å². The Kier molecular flexibility index (Phi) is 5.19. The SMILES string of the molecule is CCCCNC(=O)c1cncc(NC2CCCC2)c1. The van der Waals surface area contributed by atoms with Crippen molar-refractivity contribution < 1.29 is 4.79 Å². The number of pyridine rings is 1. The molecule has 1 aliphatic rings. The first-order valence-electron chi connectivity index (χ1n) is 7.29. The summed E-state index contributed by atoms with van der Waals surface area (Å²) in [5.74, 6) is -0.0315. The molecule has 2 rings (SSSR count). The maximum Gasteiger partial charge on any atom is 0.252 e. The second-order valence-electron chi connectivity index (χ2n) is 5.20. The van der Waals surface area contributed by atoms with Gasteiger partial charge in [-0.2, -0.15) is 0 Å². The van der Waals surface area contributed by atoms with Gasteiger partial charge in [-0.3, -0.25) is 9.78 Å². The number of unbranched alkanes of at least 4 members (excludes halogenated alkanes) is 1. The minimum absolute atomic E-state index is 0.0315. The van der Waals surface area contributed by atoms with E-state index >= 15 is 0 Å². The van der Waals surface area contributed by atoms with E-state index in [4.69, 9.17) is 0 Å². The van der Waals surface area contributed by atoms with E-state index in [0.717, 1.165) is 25.1 Å². The van der Waals surface area contributed by atoms with E-state index in [-0.39, 0.29) is 5.91 Å². The summed E-state index contributed by atoms with van der Waals surface area (Å²) in [6, 6.07) is 2.44. The van der Waals surface area contributed by atoms with Crippen molar-refractivity contribution in [1.82, 2.24) is 10.3 Å². The predicted molar refractivity (Wildman–Crippen MR) is 77.4 cm³/mol. The molecule has 0 aromatic carbocycles. The lowest BCUT2D eigenvalue weighted by molar-refractivity contribution is 0.0953. The number of hydrogen-bond acceptors (Lipinski definition) is 3. The molecule has 0 saturated heterocycles. The summed E-state index contributed by atoms with van der Waals surface area (Å²) in [4.78, 5) is 16.1. The molecule has 1 aromatic heterocycles. The van der Waals surface area contributed by atoms with Crippen LogP contribution < -0.4 is 10.6 Å². The molecule has 1 aromatic rings. The largest absolute Gasteiger partial charge is 0.381 e. The molecule has 0 unspecified atom stereocenters. The summed E-state index contributed by atoms with van der Waals surface area (Å²) in [5.41, 5.74) is 1.59. The first-order valence-corrected chi connectivity index (χ1v) is 7.29. The molecule has 1 fully saturated rings. The van der Waals surface area contributed by atoms with Gasteiger partial charge in [0.1, 0.15) is 0 Å². The fraction of sp³-hybridized carbons (Fsp3) is 0.600. The quantitative estimate of drug-likeness (QED) is 0.774. The van der Waals surface area contributed by atoms with Crippen molar-refractivity contribution in [2.45, 2.75) is 51.5 Å². The molecule has 1 aliphatic carbocycles. The Hall–Kier alpha value is -1.58. The summed E-state index contributed by atoms with van der Waals surface area (Å²) < 4.78 is 0. The average molecular weight is 261 g/mol. The van der Waals surface area contributed by atoms with E-state index in [1.807, 2.05) is 6.07 Å². The summed E-state index contributed by atoms with van der Waals surface area (Å²) in [7, 11) is 0. The van der Waals surface area contributed by atoms with Gasteiger partial charge in [-0.05, 0) is 25.3 Å². The number of hydrogen-bond donors (Lipinski definition) is 2. The third-order valence-electron chi connectivity index (χ3n) is 3.54. The van der Waals surface area contributed by atoms with Crippen molar-refractivity contribution in [1.29, 1.82) is 0 Å². The molecular formula is C15H23N3O. The molecule has 0 spiro atoms. The monoisotopic (exact) mass is 261 g/mol. The number of aromatic nitrogens is 1. The Morgan fingerprint density at radius 2 is 2.16 bits per heavy atom. The number of rotatable bonds is 6. The van der Waals surface area contributed by atoms with Crippen LogP contribution in [0, 0.1) is 0 Å². The van der Waals surface area contributed by atoms with Crippen LogP contribution in [-0.4, -0.2) is 23.5 Å². The Bertz CT molecular complexity index is 414. The van der Waals surface area contributed by atoms with Crippen molar-refractivity contribution in [3.05, 3.63) is 24.0 Å². The average Bonchev–Trinajstić information content (AvgIpc) is 2.92. The second-order valence-corrected chi connectivity index (χ2v) is 5.20. The van der Waals surface area contributed by atoms with Gasteiger partial charge in [0.25, 0.3) is 5.91 Å². The minimum Gasteiger partial charge on any atom is -0.381 e. The highest BCUT2D eigenvalue weighted by molar-refractivity contribution is 5.94. The van der Waals surface area contributed by atoms with Crippen LogP contribution in [0.1, 0.15) is 55.8 Å². The molecule has 104 valence electrons. The van der Waals surface area contributed by atoms with Gasteiger partial charge in [-0.15, -0.1) is 0 Å². The highest BCUT2D eigenvalue weighted by Crippen LogP contribution is 2.22. The molecule has 4 nitrogen and oxygen atoms in total. The van der Waals surface area contributed by atoms with Crippen molar-refractivity contribution >= 4 is 11.6 Å². The summed E-state index contributed by atoms with van der Waals surface area (Å²) in [6.45, 7) is 2.84. The number of nitrogens with one attached hydrogen (secondary N) is 2. The number of nitrogens with zero attached hydrogens (tertiary/aromatic N) is 1. The first-order chi connectivity index (χ1) is 9.29. The summed E-state index contributed by atoms with van der Waals surface area (Å²) in [5, 5.41) is 6.37. The van der Waals surface area contributed by atoms with Crippen LogP contribution in [-0.2, 0) is 0 Å². The van der Waals surface area contributed by atoms with Crippen LogP contribution in [0.5, 0.6) is 0 Å². The highest BCUT2D eigenvalue weighted by Gasteiger charge is 2.15. The van der Waals surface area contributed by atoms with Crippen LogP contribution in [0.15, 0.2) is 18.5 Å². The van der Waals surface area contributed by atoms with E-state index in [9.17, 15) is 4.79 Å². The van der Waals surface area contributed by atoms with E-state index in [1.165, 1.54) is 25.7 Å². The van der Waals surface area contributed by atoms with Gasteiger partial charge >= 0.3 is 0 Å². The molecule has 1 saturated carbocycles. The molecule has 1 amide bonds. The van der Waals surface area contributed by atoms with Gasteiger partial charge in [0.2, 0.25) is 0 Å². The molecule has 0 bridgehead atoms. The van der Waals surface area contributed by atoms with Crippen molar-refractivity contribution in [2.75, 3.05) is 11.9 Å². The lowest BCUT2D eigenvalue weighted by atomic mass is 10.2. The zero-order valence-electron chi connectivity index (χ0n) is 11.6. The fourth-order valence-corrected chi connectivity index (χ4v) is 2.43. The van der Waals surface area contributed by atoms with E-state index in [1.54, 1.807) is 12.4 Å². The molecule has 2 N–H and O–H groups in total. The van der Waals surface area contributed by atoms with Gasteiger partial charge in [-0.1, -0.05) is 26.2 Å².